The van der Waals surface area contributed by atoms with Crippen molar-refractivity contribution in [1.82, 2.24) is 10.3 Å². The Morgan fingerprint density at radius 1 is 1.17 bits per heavy atom. The molecular weight excluding hydrogens is 414 g/mol. The molecule has 1 aliphatic rings. The van der Waals surface area contributed by atoms with Gasteiger partial charge in [0.25, 0.3) is 5.91 Å². The second kappa shape index (κ2) is 10.1. The van der Waals surface area contributed by atoms with Crippen LogP contribution in [-0.4, -0.2) is 37.2 Å². The van der Waals surface area contributed by atoms with E-state index in [4.69, 9.17) is 4.74 Å². The van der Waals surface area contributed by atoms with E-state index in [1.54, 1.807) is 23.1 Å². The summed E-state index contributed by atoms with van der Waals surface area (Å²) in [6, 6.07) is 16.1. The number of carbonyl (C=O) groups excluding carboxylic acids is 1. The summed E-state index contributed by atoms with van der Waals surface area (Å²) in [6.07, 6.45) is 0. The lowest BCUT2D eigenvalue weighted by atomic mass is 10.1. The number of aryl methyl sites for hydroxylation is 1. The monoisotopic (exact) mass is 439 g/mol. The fourth-order valence-electron chi connectivity index (χ4n) is 3.33. The molecule has 156 valence electrons. The molecule has 0 atom stereocenters. The fourth-order valence-corrected chi connectivity index (χ4v) is 4.99. The summed E-state index contributed by atoms with van der Waals surface area (Å²) in [7, 11) is 0. The summed E-state index contributed by atoms with van der Waals surface area (Å²) < 4.78 is 5.41. The molecule has 1 aromatic heterocycles. The Kier molecular flexibility index (Phi) is 7.04. The first kappa shape index (κ1) is 20.9. The predicted molar refractivity (Wildman–Crippen MR) is 123 cm³/mol. The standard InChI is InChI=1S/C23H25N3O2S2/c1-17-25-19(15-29-17)16-30-22-5-3-2-4-21(22)23(27)24-14-18-6-8-20(9-7-18)26-10-12-28-13-11-26/h2-9,15H,10-14,16H2,1H3,(H,24,27). The smallest absolute Gasteiger partial charge is 0.252 e. The van der Waals surface area contributed by atoms with Crippen molar-refractivity contribution in [2.24, 2.45) is 0 Å². The lowest BCUT2D eigenvalue weighted by molar-refractivity contribution is 0.0948. The highest BCUT2D eigenvalue weighted by Crippen LogP contribution is 2.27. The van der Waals surface area contributed by atoms with Crippen LogP contribution in [0.15, 0.2) is 58.8 Å². The van der Waals surface area contributed by atoms with Gasteiger partial charge in [0.15, 0.2) is 0 Å². The first-order chi connectivity index (χ1) is 14.7. The molecule has 0 bridgehead atoms. The first-order valence-corrected chi connectivity index (χ1v) is 11.9. The normalized spacial score (nSPS) is 14.0. The molecule has 0 saturated carbocycles. The Labute approximate surface area is 185 Å². The zero-order valence-corrected chi connectivity index (χ0v) is 18.6. The molecule has 7 heteroatoms. The van der Waals surface area contributed by atoms with Crippen LogP contribution in [0.1, 0.15) is 26.6 Å². The van der Waals surface area contributed by atoms with Gasteiger partial charge in [-0.05, 0) is 36.8 Å². The lowest BCUT2D eigenvalue weighted by Gasteiger charge is -2.28. The summed E-state index contributed by atoms with van der Waals surface area (Å²) in [5, 5.41) is 6.20. The van der Waals surface area contributed by atoms with Crippen molar-refractivity contribution in [3.05, 3.63) is 75.7 Å². The van der Waals surface area contributed by atoms with E-state index in [1.807, 2.05) is 31.2 Å². The highest BCUT2D eigenvalue weighted by Gasteiger charge is 2.13. The van der Waals surface area contributed by atoms with Crippen molar-refractivity contribution in [3.8, 4) is 0 Å². The van der Waals surface area contributed by atoms with E-state index in [9.17, 15) is 4.79 Å². The number of thiazole rings is 1. The maximum Gasteiger partial charge on any atom is 0.252 e. The molecule has 0 radical (unpaired) electrons. The van der Waals surface area contributed by atoms with Crippen LogP contribution in [-0.2, 0) is 17.0 Å². The summed E-state index contributed by atoms with van der Waals surface area (Å²) in [5.41, 5.74) is 4.05. The van der Waals surface area contributed by atoms with Crippen LogP contribution >= 0.6 is 23.1 Å². The van der Waals surface area contributed by atoms with Gasteiger partial charge in [-0.25, -0.2) is 4.98 Å². The van der Waals surface area contributed by atoms with Gasteiger partial charge in [-0.15, -0.1) is 23.1 Å². The van der Waals surface area contributed by atoms with Crippen LogP contribution in [0.4, 0.5) is 5.69 Å². The molecule has 0 spiro atoms. The topological polar surface area (TPSA) is 54.5 Å². The van der Waals surface area contributed by atoms with Crippen molar-refractivity contribution in [3.63, 3.8) is 0 Å². The Balaban J connectivity index is 1.34. The van der Waals surface area contributed by atoms with Crippen LogP contribution in [0.2, 0.25) is 0 Å². The van der Waals surface area contributed by atoms with Crippen LogP contribution < -0.4 is 10.2 Å². The van der Waals surface area contributed by atoms with Gasteiger partial charge in [0.05, 0.1) is 29.5 Å². The number of amides is 1. The van der Waals surface area contributed by atoms with Gasteiger partial charge >= 0.3 is 0 Å². The molecule has 0 aliphatic carbocycles. The number of morpholine rings is 1. The second-order valence-corrected chi connectivity index (χ2v) is 9.17. The highest BCUT2D eigenvalue weighted by molar-refractivity contribution is 7.98. The van der Waals surface area contributed by atoms with Gasteiger partial charge in [-0.3, -0.25) is 4.79 Å². The molecule has 30 heavy (non-hydrogen) atoms. The van der Waals surface area contributed by atoms with E-state index in [2.05, 4.69) is 44.8 Å². The number of benzene rings is 2. The average molecular weight is 440 g/mol. The minimum atomic E-state index is -0.0511. The molecule has 1 saturated heterocycles. The molecule has 5 nitrogen and oxygen atoms in total. The fraction of sp³-hybridized carbons (Fsp3) is 0.304. The molecule has 1 N–H and O–H groups in total. The van der Waals surface area contributed by atoms with E-state index in [0.717, 1.165) is 53.2 Å². The number of anilines is 1. The average Bonchev–Trinajstić information content (AvgIpc) is 3.22. The van der Waals surface area contributed by atoms with E-state index < -0.39 is 0 Å². The molecule has 0 unspecified atom stereocenters. The van der Waals surface area contributed by atoms with Gasteiger partial charge in [-0.2, -0.15) is 0 Å². The Bertz CT molecular complexity index is 982. The minimum absolute atomic E-state index is 0.0511. The summed E-state index contributed by atoms with van der Waals surface area (Å²) in [6.45, 7) is 5.91. The molecule has 1 aliphatic heterocycles. The number of aromatic nitrogens is 1. The van der Waals surface area contributed by atoms with Crippen LogP contribution in [0, 0.1) is 6.92 Å². The summed E-state index contributed by atoms with van der Waals surface area (Å²) >= 11 is 3.30. The number of carbonyl (C=O) groups is 1. The molecule has 1 fully saturated rings. The van der Waals surface area contributed by atoms with Crippen molar-refractivity contribution in [2.45, 2.75) is 24.1 Å². The summed E-state index contributed by atoms with van der Waals surface area (Å²) in [5.74, 6) is 0.710. The van der Waals surface area contributed by atoms with Gasteiger partial charge < -0.3 is 15.0 Å². The highest BCUT2D eigenvalue weighted by atomic mass is 32.2. The molecule has 3 aromatic rings. The zero-order chi connectivity index (χ0) is 20.8. The van der Waals surface area contributed by atoms with Crippen molar-refractivity contribution < 1.29 is 9.53 Å². The number of hydrogen-bond donors (Lipinski definition) is 1. The van der Waals surface area contributed by atoms with Crippen LogP contribution in [0.3, 0.4) is 0 Å². The van der Waals surface area contributed by atoms with Crippen LogP contribution in [0.25, 0.3) is 0 Å². The van der Waals surface area contributed by atoms with Crippen molar-refractivity contribution in [2.75, 3.05) is 31.2 Å². The lowest BCUT2D eigenvalue weighted by Crippen LogP contribution is -2.36. The third kappa shape index (κ3) is 5.41. The largest absolute Gasteiger partial charge is 0.378 e. The number of rotatable bonds is 7. The van der Waals surface area contributed by atoms with Gasteiger partial charge in [0.2, 0.25) is 0 Å². The maximum atomic E-state index is 12.8. The molecule has 1 amide bonds. The molecule has 4 rings (SSSR count). The SMILES string of the molecule is Cc1nc(CSc2ccccc2C(=O)NCc2ccc(N3CCOCC3)cc2)cs1. The molecule has 2 aromatic carbocycles. The maximum absolute atomic E-state index is 12.8. The second-order valence-electron chi connectivity index (χ2n) is 7.09. The number of nitrogens with zero attached hydrogens (tertiary/aromatic N) is 2. The van der Waals surface area contributed by atoms with Crippen molar-refractivity contribution >= 4 is 34.7 Å². The Morgan fingerprint density at radius 2 is 1.93 bits per heavy atom. The van der Waals surface area contributed by atoms with Crippen molar-refractivity contribution in [1.29, 1.82) is 0 Å². The van der Waals surface area contributed by atoms with Gasteiger partial charge in [0, 0.05) is 41.4 Å². The van der Waals surface area contributed by atoms with Crippen LogP contribution in [0.5, 0.6) is 0 Å². The third-order valence-corrected chi connectivity index (χ3v) is 6.87. The van der Waals surface area contributed by atoms with E-state index in [1.165, 1.54) is 5.69 Å². The van der Waals surface area contributed by atoms with Gasteiger partial charge in [0.1, 0.15) is 0 Å². The predicted octanol–water partition coefficient (Wildman–Crippen LogP) is 4.51. The summed E-state index contributed by atoms with van der Waals surface area (Å²) in [4.78, 5) is 20.6. The Morgan fingerprint density at radius 3 is 2.67 bits per heavy atom. The first-order valence-electron chi connectivity index (χ1n) is 10.0. The van der Waals surface area contributed by atoms with E-state index in [0.29, 0.717) is 12.1 Å². The van der Waals surface area contributed by atoms with E-state index in [-0.39, 0.29) is 5.91 Å². The number of ether oxygens (including phenoxy) is 1. The minimum Gasteiger partial charge on any atom is -0.378 e. The van der Waals surface area contributed by atoms with Gasteiger partial charge in [-0.1, -0.05) is 24.3 Å². The van der Waals surface area contributed by atoms with E-state index >= 15 is 0 Å². The number of nitrogens with one attached hydrogen (secondary N) is 1. The molecular formula is C23H25N3O2S2. The number of hydrogen-bond acceptors (Lipinski definition) is 6. The quantitative estimate of drug-likeness (QED) is 0.549. The third-order valence-electron chi connectivity index (χ3n) is 4.94. The number of thioether (sulfide) groups is 1. The zero-order valence-electron chi connectivity index (χ0n) is 17.0. The Hall–Kier alpha value is -2.35. The molecule has 2 heterocycles.